The molecule has 1 unspecified atom stereocenters. The lowest BCUT2D eigenvalue weighted by atomic mass is 9.87. The van der Waals surface area contributed by atoms with Gasteiger partial charge >= 0.3 is 0 Å². The molecule has 172 valence electrons. The minimum atomic E-state index is -3.62. The SMILES string of the molecule is O=C(NC1CCCc2ccccc21)C1CCN(S(=O)(=O)c2ccc(-n3cnnn3)cc2)CC1. The molecule has 5 rings (SSSR count). The molecule has 1 N–H and O–H groups in total. The summed E-state index contributed by atoms with van der Waals surface area (Å²) in [5.74, 6) is -0.146. The van der Waals surface area contributed by atoms with Crippen molar-refractivity contribution >= 4 is 15.9 Å². The number of aryl methyl sites for hydroxylation is 1. The maximum absolute atomic E-state index is 13.1. The fourth-order valence-electron chi connectivity index (χ4n) is 4.75. The van der Waals surface area contributed by atoms with E-state index < -0.39 is 10.0 Å². The number of amides is 1. The Morgan fingerprint density at radius 1 is 1.00 bits per heavy atom. The molecule has 1 amide bonds. The van der Waals surface area contributed by atoms with Gasteiger partial charge in [0.1, 0.15) is 6.33 Å². The highest BCUT2D eigenvalue weighted by Gasteiger charge is 2.33. The molecule has 33 heavy (non-hydrogen) atoms. The molecular weight excluding hydrogens is 440 g/mol. The van der Waals surface area contributed by atoms with Crippen LogP contribution in [0.15, 0.2) is 59.8 Å². The number of fused-ring (bicyclic) bond motifs is 1. The molecule has 0 saturated carbocycles. The number of hydrogen-bond donors (Lipinski definition) is 1. The maximum atomic E-state index is 13.1. The van der Waals surface area contributed by atoms with Gasteiger partial charge in [-0.1, -0.05) is 24.3 Å². The van der Waals surface area contributed by atoms with Crippen molar-refractivity contribution in [3.05, 3.63) is 66.0 Å². The molecular formula is C23H26N6O3S. The van der Waals surface area contributed by atoms with E-state index in [2.05, 4.69) is 33.0 Å². The van der Waals surface area contributed by atoms with Crippen LogP contribution >= 0.6 is 0 Å². The van der Waals surface area contributed by atoms with E-state index in [0.29, 0.717) is 31.6 Å². The van der Waals surface area contributed by atoms with Crippen molar-refractivity contribution in [1.29, 1.82) is 0 Å². The third kappa shape index (κ3) is 4.40. The number of nitrogens with zero attached hydrogens (tertiary/aromatic N) is 5. The molecule has 1 fully saturated rings. The second-order valence-electron chi connectivity index (χ2n) is 8.58. The second-order valence-corrected chi connectivity index (χ2v) is 10.5. The Bertz CT molecular complexity index is 1220. The minimum Gasteiger partial charge on any atom is -0.349 e. The molecule has 0 spiro atoms. The topological polar surface area (TPSA) is 110 Å². The van der Waals surface area contributed by atoms with Gasteiger partial charge in [0, 0.05) is 19.0 Å². The van der Waals surface area contributed by atoms with E-state index >= 15 is 0 Å². The monoisotopic (exact) mass is 466 g/mol. The lowest BCUT2D eigenvalue weighted by Crippen LogP contribution is -2.44. The molecule has 2 aliphatic rings. The van der Waals surface area contributed by atoms with Gasteiger partial charge in [-0.15, -0.1) is 5.10 Å². The standard InChI is InChI=1S/C23H26N6O3S/c30-23(25-22-7-3-5-17-4-1-2-6-21(17)22)18-12-14-28(15-13-18)33(31,32)20-10-8-19(9-11-20)29-16-24-26-27-29/h1-2,4,6,8-11,16,18,22H,3,5,7,12-15H2,(H,25,30). The van der Waals surface area contributed by atoms with Crippen molar-refractivity contribution < 1.29 is 13.2 Å². The number of sulfonamides is 1. The summed E-state index contributed by atoms with van der Waals surface area (Å²) >= 11 is 0. The first kappa shape index (κ1) is 21.7. The van der Waals surface area contributed by atoms with Crippen LogP contribution in [0.2, 0.25) is 0 Å². The predicted molar refractivity (Wildman–Crippen MR) is 121 cm³/mol. The number of benzene rings is 2. The van der Waals surface area contributed by atoms with Gasteiger partial charge in [-0.3, -0.25) is 4.79 Å². The van der Waals surface area contributed by atoms with Crippen LogP contribution in [0.3, 0.4) is 0 Å². The third-order valence-electron chi connectivity index (χ3n) is 6.60. The maximum Gasteiger partial charge on any atom is 0.243 e. The largest absolute Gasteiger partial charge is 0.349 e. The molecule has 3 aromatic rings. The Labute approximate surface area is 192 Å². The Morgan fingerprint density at radius 3 is 2.48 bits per heavy atom. The number of tetrazole rings is 1. The molecule has 9 nitrogen and oxygen atoms in total. The zero-order valence-corrected chi connectivity index (χ0v) is 19.0. The number of carbonyl (C=O) groups is 1. The number of carbonyl (C=O) groups excluding carboxylic acids is 1. The Balaban J connectivity index is 1.20. The smallest absolute Gasteiger partial charge is 0.243 e. The normalized spacial score (nSPS) is 19.7. The number of rotatable bonds is 5. The summed E-state index contributed by atoms with van der Waals surface area (Å²) < 4.78 is 29.1. The van der Waals surface area contributed by atoms with Crippen LogP contribution in [0, 0.1) is 5.92 Å². The van der Waals surface area contributed by atoms with Crippen LogP contribution in [-0.2, 0) is 21.2 Å². The van der Waals surface area contributed by atoms with E-state index in [1.165, 1.54) is 26.4 Å². The summed E-state index contributed by atoms with van der Waals surface area (Å²) in [7, 11) is -3.62. The first-order valence-corrected chi connectivity index (χ1v) is 12.7. The first-order chi connectivity index (χ1) is 16.0. The summed E-state index contributed by atoms with van der Waals surface area (Å²) in [4.78, 5) is 13.2. The number of aromatic nitrogens is 4. The Morgan fingerprint density at radius 2 is 1.76 bits per heavy atom. The lowest BCUT2D eigenvalue weighted by Gasteiger charge is -2.32. The van der Waals surface area contributed by atoms with E-state index in [-0.39, 0.29) is 22.8 Å². The highest BCUT2D eigenvalue weighted by molar-refractivity contribution is 7.89. The fourth-order valence-corrected chi connectivity index (χ4v) is 6.22. The van der Waals surface area contributed by atoms with E-state index in [1.54, 1.807) is 24.3 Å². The van der Waals surface area contributed by atoms with E-state index in [4.69, 9.17) is 0 Å². The van der Waals surface area contributed by atoms with Crippen molar-refractivity contribution in [3.63, 3.8) is 0 Å². The van der Waals surface area contributed by atoms with Gasteiger partial charge in [0.05, 0.1) is 16.6 Å². The lowest BCUT2D eigenvalue weighted by molar-refractivity contribution is -0.127. The van der Waals surface area contributed by atoms with Crippen LogP contribution in [0.5, 0.6) is 0 Å². The van der Waals surface area contributed by atoms with Gasteiger partial charge in [0.25, 0.3) is 0 Å². The van der Waals surface area contributed by atoms with Gasteiger partial charge < -0.3 is 5.32 Å². The van der Waals surface area contributed by atoms with Gasteiger partial charge in [-0.05, 0) is 77.9 Å². The van der Waals surface area contributed by atoms with E-state index in [0.717, 1.165) is 19.3 Å². The van der Waals surface area contributed by atoms with Crippen molar-refractivity contribution in [3.8, 4) is 5.69 Å². The van der Waals surface area contributed by atoms with Gasteiger partial charge in [-0.25, -0.2) is 13.1 Å². The van der Waals surface area contributed by atoms with Crippen molar-refractivity contribution in [1.82, 2.24) is 29.8 Å². The number of piperidine rings is 1. The molecule has 0 bridgehead atoms. The van der Waals surface area contributed by atoms with Crippen molar-refractivity contribution in [2.45, 2.75) is 43.0 Å². The zero-order valence-electron chi connectivity index (χ0n) is 18.2. The molecule has 2 heterocycles. The van der Waals surface area contributed by atoms with Gasteiger partial charge in [0.2, 0.25) is 15.9 Å². The fraction of sp³-hybridized carbons (Fsp3) is 0.391. The van der Waals surface area contributed by atoms with Crippen LogP contribution in [-0.4, -0.2) is 51.9 Å². The molecule has 10 heteroatoms. The third-order valence-corrected chi connectivity index (χ3v) is 8.51. The zero-order chi connectivity index (χ0) is 22.8. The van der Waals surface area contributed by atoms with Crippen LogP contribution in [0.1, 0.15) is 42.9 Å². The highest BCUT2D eigenvalue weighted by Crippen LogP contribution is 2.31. The van der Waals surface area contributed by atoms with Gasteiger partial charge in [-0.2, -0.15) is 4.31 Å². The average Bonchev–Trinajstić information content (AvgIpc) is 3.40. The van der Waals surface area contributed by atoms with E-state index in [9.17, 15) is 13.2 Å². The number of nitrogens with one attached hydrogen (secondary N) is 1. The number of hydrogen-bond acceptors (Lipinski definition) is 6. The van der Waals surface area contributed by atoms with Crippen molar-refractivity contribution in [2.24, 2.45) is 5.92 Å². The Hall–Kier alpha value is -3.11. The molecule has 1 aromatic heterocycles. The summed E-state index contributed by atoms with van der Waals surface area (Å²) in [5.41, 5.74) is 3.20. The van der Waals surface area contributed by atoms with Crippen LogP contribution in [0.4, 0.5) is 0 Å². The quantitative estimate of drug-likeness (QED) is 0.618. The summed E-state index contributed by atoms with van der Waals surface area (Å²) in [6.07, 6.45) is 5.53. The second kappa shape index (κ2) is 9.03. The predicted octanol–water partition coefficient (Wildman–Crippen LogP) is 2.26. The van der Waals surface area contributed by atoms with Gasteiger partial charge in [0.15, 0.2) is 0 Å². The van der Waals surface area contributed by atoms with E-state index in [1.807, 2.05) is 12.1 Å². The molecule has 1 saturated heterocycles. The summed E-state index contributed by atoms with van der Waals surface area (Å²) in [6, 6.07) is 14.8. The molecule has 2 aromatic carbocycles. The molecule has 1 aliphatic heterocycles. The van der Waals surface area contributed by atoms with Crippen LogP contribution in [0.25, 0.3) is 5.69 Å². The Kier molecular flexibility index (Phi) is 5.94. The molecule has 0 radical (unpaired) electrons. The summed E-state index contributed by atoms with van der Waals surface area (Å²) in [6.45, 7) is 0.660. The van der Waals surface area contributed by atoms with Crippen LogP contribution < -0.4 is 5.32 Å². The van der Waals surface area contributed by atoms with Crippen molar-refractivity contribution in [2.75, 3.05) is 13.1 Å². The first-order valence-electron chi connectivity index (χ1n) is 11.2. The molecule has 1 atom stereocenters. The average molecular weight is 467 g/mol. The highest BCUT2D eigenvalue weighted by atomic mass is 32.2. The minimum absolute atomic E-state index is 0.0274. The summed E-state index contributed by atoms with van der Waals surface area (Å²) in [5, 5.41) is 14.2. The molecule has 1 aliphatic carbocycles.